The van der Waals surface area contributed by atoms with E-state index in [9.17, 15) is 0 Å². The van der Waals surface area contributed by atoms with Crippen LogP contribution in [0.4, 0.5) is 5.69 Å². The third-order valence-corrected chi connectivity index (χ3v) is 4.41. The number of fused-ring (bicyclic) bond motifs is 1. The number of nitrogens with two attached hydrogens (primary N) is 1. The molecule has 0 radical (unpaired) electrons. The largest absolute Gasteiger partial charge is 0.373 e. The van der Waals surface area contributed by atoms with Gasteiger partial charge in [-0.15, -0.1) is 11.3 Å². The Hall–Kier alpha value is -1.91. The van der Waals surface area contributed by atoms with Crippen LogP contribution in [0, 0.1) is 0 Å². The molecule has 0 amide bonds. The molecule has 0 bridgehead atoms. The van der Waals surface area contributed by atoms with E-state index in [0.717, 1.165) is 24.2 Å². The van der Waals surface area contributed by atoms with Gasteiger partial charge in [-0.05, 0) is 30.2 Å². The van der Waals surface area contributed by atoms with Crippen molar-refractivity contribution in [1.82, 2.24) is 4.98 Å². The highest BCUT2D eigenvalue weighted by molar-refractivity contribution is 7.16. The summed E-state index contributed by atoms with van der Waals surface area (Å²) in [5.74, 6) is 0. The molecule has 2 N–H and O–H groups in total. The first-order valence-electron chi connectivity index (χ1n) is 7.06. The molecule has 0 aliphatic heterocycles. The summed E-state index contributed by atoms with van der Waals surface area (Å²) in [6.07, 6.45) is 0.893. The fraction of sp³-hybridized carbons (Fsp3) is 0.235. The lowest BCUT2D eigenvalue weighted by atomic mass is 10.1. The Morgan fingerprint density at radius 1 is 1.19 bits per heavy atom. The van der Waals surface area contributed by atoms with Gasteiger partial charge in [-0.1, -0.05) is 30.3 Å². The van der Waals surface area contributed by atoms with E-state index in [4.69, 9.17) is 5.73 Å². The summed E-state index contributed by atoms with van der Waals surface area (Å²) in [5.41, 5.74) is 11.7. The predicted octanol–water partition coefficient (Wildman–Crippen LogP) is 3.30. The van der Waals surface area contributed by atoms with E-state index in [2.05, 4.69) is 59.4 Å². The van der Waals surface area contributed by atoms with Crippen LogP contribution in [-0.4, -0.2) is 24.6 Å². The fourth-order valence-corrected chi connectivity index (χ4v) is 3.18. The van der Waals surface area contributed by atoms with Crippen molar-refractivity contribution in [3.63, 3.8) is 0 Å². The van der Waals surface area contributed by atoms with Crippen LogP contribution in [0.25, 0.3) is 10.2 Å². The van der Waals surface area contributed by atoms with Crippen LogP contribution in [0.5, 0.6) is 0 Å². The Morgan fingerprint density at radius 2 is 2.00 bits per heavy atom. The number of nitrogens with zero attached hydrogens (tertiary/aromatic N) is 2. The molecule has 1 unspecified atom stereocenters. The number of benzene rings is 2. The monoisotopic (exact) mass is 297 g/mol. The first kappa shape index (κ1) is 14.0. The zero-order valence-electron chi connectivity index (χ0n) is 12.1. The number of hydrogen-bond donors (Lipinski definition) is 1. The van der Waals surface area contributed by atoms with Crippen LogP contribution in [0.1, 0.15) is 5.56 Å². The maximum absolute atomic E-state index is 6.28. The minimum atomic E-state index is 0.114. The average Bonchev–Trinajstić information content (AvgIpc) is 2.95. The van der Waals surface area contributed by atoms with Gasteiger partial charge in [0.05, 0.1) is 15.7 Å². The second-order valence-corrected chi connectivity index (χ2v) is 6.22. The summed E-state index contributed by atoms with van der Waals surface area (Å²) >= 11 is 1.67. The number of anilines is 1. The SMILES string of the molecule is CN(CC(N)Cc1ccccc1)c1ccc2scnc2c1. The molecular weight excluding hydrogens is 278 g/mol. The van der Waals surface area contributed by atoms with Gasteiger partial charge in [0.2, 0.25) is 0 Å². The zero-order valence-corrected chi connectivity index (χ0v) is 12.9. The van der Waals surface area contributed by atoms with Gasteiger partial charge in [-0.3, -0.25) is 0 Å². The van der Waals surface area contributed by atoms with E-state index in [0.29, 0.717) is 0 Å². The maximum Gasteiger partial charge on any atom is 0.0832 e. The highest BCUT2D eigenvalue weighted by Gasteiger charge is 2.09. The number of rotatable bonds is 5. The molecular formula is C17H19N3S. The number of aromatic nitrogens is 1. The average molecular weight is 297 g/mol. The highest BCUT2D eigenvalue weighted by Crippen LogP contribution is 2.23. The third-order valence-electron chi connectivity index (χ3n) is 3.60. The second-order valence-electron chi connectivity index (χ2n) is 5.33. The first-order chi connectivity index (χ1) is 10.2. The molecule has 1 atom stereocenters. The van der Waals surface area contributed by atoms with Crippen LogP contribution in [0.2, 0.25) is 0 Å². The number of hydrogen-bond acceptors (Lipinski definition) is 4. The van der Waals surface area contributed by atoms with Gasteiger partial charge in [0.1, 0.15) is 0 Å². The summed E-state index contributed by atoms with van der Waals surface area (Å²) in [6.45, 7) is 0.824. The molecule has 3 rings (SSSR count). The first-order valence-corrected chi connectivity index (χ1v) is 7.94. The normalized spacial score (nSPS) is 12.5. The molecule has 0 fully saturated rings. The Labute approximate surface area is 129 Å². The van der Waals surface area contributed by atoms with Crippen LogP contribution in [0.15, 0.2) is 54.0 Å². The van der Waals surface area contributed by atoms with E-state index in [1.807, 2.05) is 11.6 Å². The molecule has 0 aliphatic carbocycles. The van der Waals surface area contributed by atoms with Crippen molar-refractivity contribution in [2.75, 3.05) is 18.5 Å². The van der Waals surface area contributed by atoms with Gasteiger partial charge in [0.15, 0.2) is 0 Å². The summed E-state index contributed by atoms with van der Waals surface area (Å²) in [5, 5.41) is 0. The topological polar surface area (TPSA) is 42.1 Å². The van der Waals surface area contributed by atoms with Gasteiger partial charge >= 0.3 is 0 Å². The summed E-state index contributed by atoms with van der Waals surface area (Å²) < 4.78 is 1.22. The molecule has 0 aliphatic rings. The summed E-state index contributed by atoms with van der Waals surface area (Å²) in [6, 6.07) is 16.9. The van der Waals surface area contributed by atoms with Crippen LogP contribution >= 0.6 is 11.3 Å². The molecule has 3 nitrogen and oxygen atoms in total. The highest BCUT2D eigenvalue weighted by atomic mass is 32.1. The molecule has 0 saturated carbocycles. The molecule has 1 heterocycles. The van der Waals surface area contributed by atoms with Gasteiger partial charge in [-0.2, -0.15) is 0 Å². The molecule has 3 aromatic rings. The zero-order chi connectivity index (χ0) is 14.7. The molecule has 1 aromatic heterocycles. The van der Waals surface area contributed by atoms with Crippen molar-refractivity contribution in [2.45, 2.75) is 12.5 Å². The minimum absolute atomic E-state index is 0.114. The Kier molecular flexibility index (Phi) is 4.18. The fourth-order valence-electron chi connectivity index (χ4n) is 2.52. The van der Waals surface area contributed by atoms with Crippen LogP contribution < -0.4 is 10.6 Å². The predicted molar refractivity (Wildman–Crippen MR) is 91.0 cm³/mol. The maximum atomic E-state index is 6.28. The van der Waals surface area contributed by atoms with E-state index in [1.54, 1.807) is 11.3 Å². The van der Waals surface area contributed by atoms with Gasteiger partial charge < -0.3 is 10.6 Å². The lowest BCUT2D eigenvalue weighted by Crippen LogP contribution is -2.36. The molecule has 0 spiro atoms. The second kappa shape index (κ2) is 6.24. The van der Waals surface area contributed by atoms with E-state index >= 15 is 0 Å². The number of thiazole rings is 1. The Bertz CT molecular complexity index is 708. The van der Waals surface area contributed by atoms with Gasteiger partial charge in [0, 0.05) is 25.3 Å². The molecule has 2 aromatic carbocycles. The smallest absolute Gasteiger partial charge is 0.0832 e. The summed E-state index contributed by atoms with van der Waals surface area (Å²) in [4.78, 5) is 6.57. The van der Waals surface area contributed by atoms with Crippen molar-refractivity contribution in [3.8, 4) is 0 Å². The quantitative estimate of drug-likeness (QED) is 0.785. The molecule has 108 valence electrons. The third kappa shape index (κ3) is 3.40. The van der Waals surface area contributed by atoms with E-state index < -0.39 is 0 Å². The van der Waals surface area contributed by atoms with E-state index in [1.165, 1.54) is 10.3 Å². The van der Waals surface area contributed by atoms with Crippen LogP contribution in [-0.2, 0) is 6.42 Å². The lowest BCUT2D eigenvalue weighted by Gasteiger charge is -2.23. The standard InChI is InChI=1S/C17H19N3S/c1-20(11-14(18)9-13-5-3-2-4-6-13)15-7-8-17-16(10-15)19-12-21-17/h2-8,10,12,14H,9,11,18H2,1H3. The Morgan fingerprint density at radius 3 is 2.81 bits per heavy atom. The van der Waals surface area contributed by atoms with Crippen molar-refractivity contribution in [1.29, 1.82) is 0 Å². The molecule has 0 saturated heterocycles. The van der Waals surface area contributed by atoms with Gasteiger partial charge in [0.25, 0.3) is 0 Å². The van der Waals surface area contributed by atoms with E-state index in [-0.39, 0.29) is 6.04 Å². The molecule has 21 heavy (non-hydrogen) atoms. The van der Waals surface area contributed by atoms with Gasteiger partial charge in [-0.25, -0.2) is 4.98 Å². The Balaban J connectivity index is 1.66. The lowest BCUT2D eigenvalue weighted by molar-refractivity contribution is 0.656. The van der Waals surface area contributed by atoms with Crippen molar-refractivity contribution >= 4 is 27.2 Å². The van der Waals surface area contributed by atoms with Crippen molar-refractivity contribution in [2.24, 2.45) is 5.73 Å². The van der Waals surface area contributed by atoms with Crippen LogP contribution in [0.3, 0.4) is 0 Å². The molecule has 4 heteroatoms. The van der Waals surface area contributed by atoms with Crippen molar-refractivity contribution < 1.29 is 0 Å². The summed E-state index contributed by atoms with van der Waals surface area (Å²) in [7, 11) is 2.08. The van der Waals surface area contributed by atoms with Crippen molar-refractivity contribution in [3.05, 3.63) is 59.6 Å². The number of likely N-dealkylation sites (N-methyl/N-ethyl adjacent to an activating group) is 1. The minimum Gasteiger partial charge on any atom is -0.373 e.